The lowest BCUT2D eigenvalue weighted by Gasteiger charge is -2.41. The number of primary amides is 1. The predicted octanol–water partition coefficient (Wildman–Crippen LogP) is 3.32. The van der Waals surface area contributed by atoms with Gasteiger partial charge in [-0.25, -0.2) is 0 Å². The Morgan fingerprint density at radius 3 is 2.32 bits per heavy atom. The number of nitrogens with one attached hydrogen (secondary N) is 1. The number of anilines is 1. The summed E-state index contributed by atoms with van der Waals surface area (Å²) in [5.74, 6) is -5.47. The molecule has 2 aromatic carbocycles. The van der Waals surface area contributed by atoms with E-state index in [0.717, 1.165) is 24.0 Å². The van der Waals surface area contributed by atoms with Gasteiger partial charge in [0.25, 0.3) is 5.91 Å². The first-order valence-electron chi connectivity index (χ1n) is 12.7. The number of benzene rings is 2. The molecule has 0 aliphatic heterocycles. The SMILES string of the molecule is NC(=O)C1=C(O)C2C(=O)C3=C(O)c4c(O)ccc(-c5ccc(NC(=O)C6CC6)cc5)c4C[C@H]3C[C@H]2CC1=O. The number of aromatic hydroxyl groups is 1. The molecule has 3 atom stereocenters. The number of phenolic OH excluding ortho intramolecular Hbond substituents is 1. The Kier molecular flexibility index (Phi) is 5.41. The molecule has 2 fully saturated rings. The van der Waals surface area contributed by atoms with Crippen molar-refractivity contribution in [3.63, 3.8) is 0 Å². The molecule has 6 N–H and O–H groups in total. The molecule has 2 saturated carbocycles. The van der Waals surface area contributed by atoms with Crippen LogP contribution in [0, 0.1) is 23.7 Å². The predicted molar refractivity (Wildman–Crippen MR) is 137 cm³/mol. The molecule has 1 unspecified atom stereocenters. The van der Waals surface area contributed by atoms with Crippen LogP contribution in [-0.4, -0.2) is 38.7 Å². The minimum absolute atomic E-state index is 0.00708. The number of phenols is 1. The number of Topliss-reactive ketones (excluding diaryl/α,β-unsaturated/α-hetero) is 2. The molecule has 0 bridgehead atoms. The minimum Gasteiger partial charge on any atom is -0.511 e. The van der Waals surface area contributed by atoms with Gasteiger partial charge >= 0.3 is 0 Å². The summed E-state index contributed by atoms with van der Waals surface area (Å²) in [4.78, 5) is 49.9. The third-order valence-corrected chi connectivity index (χ3v) is 8.18. The average molecular weight is 515 g/mol. The number of carbonyl (C=O) groups excluding carboxylic acids is 4. The Balaban J connectivity index is 1.39. The van der Waals surface area contributed by atoms with Gasteiger partial charge in [-0.1, -0.05) is 18.2 Å². The van der Waals surface area contributed by atoms with E-state index in [1.54, 1.807) is 18.2 Å². The van der Waals surface area contributed by atoms with Gasteiger partial charge in [-0.2, -0.15) is 0 Å². The van der Waals surface area contributed by atoms with Crippen LogP contribution >= 0.6 is 0 Å². The highest BCUT2D eigenvalue weighted by molar-refractivity contribution is 6.21. The highest BCUT2D eigenvalue weighted by Gasteiger charge is 2.51. The Bertz CT molecular complexity index is 1500. The second-order valence-corrected chi connectivity index (χ2v) is 10.6. The average Bonchev–Trinajstić information content (AvgIpc) is 3.70. The number of allylic oxidation sites excluding steroid dienone is 2. The molecule has 0 radical (unpaired) electrons. The molecule has 9 heteroatoms. The van der Waals surface area contributed by atoms with E-state index in [2.05, 4.69) is 5.32 Å². The maximum atomic E-state index is 13.6. The molecule has 2 aromatic rings. The van der Waals surface area contributed by atoms with E-state index in [1.807, 2.05) is 12.1 Å². The van der Waals surface area contributed by atoms with Crippen molar-refractivity contribution in [2.75, 3.05) is 5.32 Å². The van der Waals surface area contributed by atoms with Crippen LogP contribution in [-0.2, 0) is 25.6 Å². The van der Waals surface area contributed by atoms with Crippen LogP contribution in [0.5, 0.6) is 5.75 Å². The summed E-state index contributed by atoms with van der Waals surface area (Å²) in [7, 11) is 0. The zero-order chi connectivity index (χ0) is 26.9. The second-order valence-electron chi connectivity index (χ2n) is 10.6. The van der Waals surface area contributed by atoms with Crippen LogP contribution < -0.4 is 11.1 Å². The van der Waals surface area contributed by atoms with E-state index in [1.165, 1.54) is 6.07 Å². The first-order chi connectivity index (χ1) is 18.2. The number of aliphatic hydroxyl groups is 2. The van der Waals surface area contributed by atoms with Crippen molar-refractivity contribution in [3.05, 3.63) is 64.4 Å². The van der Waals surface area contributed by atoms with Crippen molar-refractivity contribution < 1.29 is 34.5 Å². The van der Waals surface area contributed by atoms with Gasteiger partial charge in [0.1, 0.15) is 22.8 Å². The summed E-state index contributed by atoms with van der Waals surface area (Å²) in [6, 6.07) is 10.5. The summed E-state index contributed by atoms with van der Waals surface area (Å²) >= 11 is 0. The van der Waals surface area contributed by atoms with Crippen molar-refractivity contribution in [3.8, 4) is 16.9 Å². The Hall–Kier alpha value is -4.40. The topological polar surface area (TPSA) is 167 Å². The Labute approximate surface area is 217 Å². The van der Waals surface area contributed by atoms with Gasteiger partial charge in [-0.15, -0.1) is 0 Å². The number of aliphatic hydroxyl groups excluding tert-OH is 2. The molecule has 0 saturated heterocycles. The first kappa shape index (κ1) is 24.0. The van der Waals surface area contributed by atoms with E-state index in [4.69, 9.17) is 5.73 Å². The van der Waals surface area contributed by atoms with Gasteiger partial charge in [0.05, 0.1) is 11.5 Å². The summed E-state index contributed by atoms with van der Waals surface area (Å²) in [5.41, 5.74) is 7.85. The van der Waals surface area contributed by atoms with E-state index >= 15 is 0 Å². The van der Waals surface area contributed by atoms with Crippen LogP contribution in [0.25, 0.3) is 16.9 Å². The van der Waals surface area contributed by atoms with Crippen molar-refractivity contribution >= 4 is 34.8 Å². The second kappa shape index (κ2) is 8.58. The van der Waals surface area contributed by atoms with Crippen molar-refractivity contribution in [1.29, 1.82) is 0 Å². The maximum absolute atomic E-state index is 13.6. The number of hydrogen-bond acceptors (Lipinski definition) is 7. The molecule has 194 valence electrons. The van der Waals surface area contributed by atoms with Gasteiger partial charge < -0.3 is 26.4 Å². The first-order valence-corrected chi connectivity index (χ1v) is 12.7. The van der Waals surface area contributed by atoms with E-state index in [9.17, 15) is 34.5 Å². The third kappa shape index (κ3) is 3.69. The number of fused-ring (bicyclic) bond motifs is 3. The quantitative estimate of drug-likeness (QED) is 0.390. The summed E-state index contributed by atoms with van der Waals surface area (Å²) in [5, 5.41) is 35.5. The number of nitrogens with two attached hydrogens (primary N) is 1. The molecule has 4 aliphatic rings. The third-order valence-electron chi connectivity index (χ3n) is 8.18. The van der Waals surface area contributed by atoms with Gasteiger partial charge in [-0.3, -0.25) is 19.2 Å². The molecule has 0 aromatic heterocycles. The highest BCUT2D eigenvalue weighted by atomic mass is 16.3. The van der Waals surface area contributed by atoms with E-state index in [0.29, 0.717) is 24.1 Å². The van der Waals surface area contributed by atoms with Crippen molar-refractivity contribution in [2.45, 2.75) is 32.1 Å². The van der Waals surface area contributed by atoms with Crippen molar-refractivity contribution in [1.82, 2.24) is 0 Å². The van der Waals surface area contributed by atoms with Gasteiger partial charge in [-0.05, 0) is 72.4 Å². The fourth-order valence-corrected chi connectivity index (χ4v) is 6.23. The molecule has 4 aliphatic carbocycles. The monoisotopic (exact) mass is 514 g/mol. The van der Waals surface area contributed by atoms with Gasteiger partial charge in [0.15, 0.2) is 11.6 Å². The standard InChI is InChI=1S/C29H26N2O7/c30-28(37)24-20(33)11-15-9-14-10-18-17(12-3-5-16(6-4-12)31-29(38)13-1-2-13)7-8-19(32)23(18)26(35)21(14)25(34)22(15)27(24)36/h3-8,13-15,22,32,35-36H,1-2,9-11H2,(H2,30,37)(H,31,38)/t14-,15+,22?/m1/s1. The zero-order valence-corrected chi connectivity index (χ0v) is 20.4. The summed E-state index contributed by atoms with van der Waals surface area (Å²) in [6.07, 6.45) is 2.37. The van der Waals surface area contributed by atoms with Crippen LogP contribution in [0.2, 0.25) is 0 Å². The molecule has 0 heterocycles. The van der Waals surface area contributed by atoms with Gasteiger partial charge in [0, 0.05) is 23.6 Å². The minimum atomic E-state index is -1.14. The maximum Gasteiger partial charge on any atom is 0.255 e. The lowest BCUT2D eigenvalue weighted by Crippen LogP contribution is -2.44. The molecular formula is C29H26N2O7. The van der Waals surface area contributed by atoms with E-state index < -0.39 is 46.6 Å². The number of amides is 2. The number of carbonyl (C=O) groups is 4. The molecule has 2 amide bonds. The number of ketones is 2. The Morgan fingerprint density at radius 2 is 1.66 bits per heavy atom. The number of rotatable bonds is 4. The molecule has 6 rings (SSSR count). The fourth-order valence-electron chi connectivity index (χ4n) is 6.23. The highest BCUT2D eigenvalue weighted by Crippen LogP contribution is 2.51. The van der Waals surface area contributed by atoms with Crippen LogP contribution in [0.1, 0.15) is 36.8 Å². The van der Waals surface area contributed by atoms with Gasteiger partial charge in [0.2, 0.25) is 5.91 Å². The zero-order valence-electron chi connectivity index (χ0n) is 20.4. The van der Waals surface area contributed by atoms with E-state index in [-0.39, 0.29) is 40.9 Å². The lowest BCUT2D eigenvalue weighted by atomic mass is 9.61. The molecule has 9 nitrogen and oxygen atoms in total. The Morgan fingerprint density at radius 1 is 0.947 bits per heavy atom. The smallest absolute Gasteiger partial charge is 0.255 e. The van der Waals surface area contributed by atoms with Crippen LogP contribution in [0.4, 0.5) is 5.69 Å². The fraction of sp³-hybridized carbons (Fsp3) is 0.310. The van der Waals surface area contributed by atoms with Crippen LogP contribution in [0.3, 0.4) is 0 Å². The van der Waals surface area contributed by atoms with Crippen molar-refractivity contribution in [2.24, 2.45) is 29.4 Å². The summed E-state index contributed by atoms with van der Waals surface area (Å²) in [6.45, 7) is 0. The van der Waals surface area contributed by atoms with Crippen LogP contribution in [0.15, 0.2) is 53.3 Å². The number of hydrogen-bond donors (Lipinski definition) is 5. The lowest BCUT2D eigenvalue weighted by molar-refractivity contribution is -0.127. The molecule has 0 spiro atoms. The normalized spacial score (nSPS) is 24.5. The molecule has 38 heavy (non-hydrogen) atoms. The largest absolute Gasteiger partial charge is 0.511 e. The molecular weight excluding hydrogens is 488 g/mol. The summed E-state index contributed by atoms with van der Waals surface area (Å²) < 4.78 is 0.